The molecule has 0 atom stereocenters. The van der Waals surface area contributed by atoms with Crippen LogP contribution in [0.25, 0.3) is 10.9 Å². The minimum absolute atomic E-state index is 0.277. The lowest BCUT2D eigenvalue weighted by Gasteiger charge is -2.06. The molecule has 0 aliphatic rings. The SMILES string of the molecule is CCn1cc(NC(=O)Nc2ccc(Cl)cc2)c2ccccc21. The predicted octanol–water partition coefficient (Wildman–Crippen LogP) is 4.96. The zero-order chi connectivity index (χ0) is 15.5. The topological polar surface area (TPSA) is 46.1 Å². The van der Waals surface area contributed by atoms with Gasteiger partial charge in [-0.15, -0.1) is 0 Å². The molecule has 112 valence electrons. The number of aromatic nitrogens is 1. The van der Waals surface area contributed by atoms with Gasteiger partial charge in [-0.2, -0.15) is 0 Å². The van der Waals surface area contributed by atoms with Crippen LogP contribution in [-0.4, -0.2) is 10.6 Å². The summed E-state index contributed by atoms with van der Waals surface area (Å²) >= 11 is 5.83. The van der Waals surface area contributed by atoms with Crippen molar-refractivity contribution in [1.82, 2.24) is 4.57 Å². The Morgan fingerprint density at radius 3 is 2.55 bits per heavy atom. The number of benzene rings is 2. The number of rotatable bonds is 3. The van der Waals surface area contributed by atoms with Crippen LogP contribution in [0.2, 0.25) is 5.02 Å². The molecule has 3 aromatic rings. The average Bonchev–Trinajstić information content (AvgIpc) is 2.88. The lowest BCUT2D eigenvalue weighted by molar-refractivity contribution is 0.262. The molecule has 2 amide bonds. The van der Waals surface area contributed by atoms with Crippen LogP contribution in [0.3, 0.4) is 0 Å². The van der Waals surface area contributed by atoms with Crippen molar-refractivity contribution in [2.75, 3.05) is 10.6 Å². The first-order valence-electron chi connectivity index (χ1n) is 7.09. The van der Waals surface area contributed by atoms with E-state index in [9.17, 15) is 4.79 Å². The van der Waals surface area contributed by atoms with Gasteiger partial charge in [-0.1, -0.05) is 29.8 Å². The van der Waals surface area contributed by atoms with E-state index in [0.717, 1.165) is 23.1 Å². The number of nitrogens with zero attached hydrogens (tertiary/aromatic N) is 1. The molecule has 2 aromatic carbocycles. The van der Waals surface area contributed by atoms with Gasteiger partial charge >= 0.3 is 6.03 Å². The Hall–Kier alpha value is -2.46. The molecular weight excluding hydrogens is 298 g/mol. The van der Waals surface area contributed by atoms with Crippen LogP contribution < -0.4 is 10.6 Å². The van der Waals surface area contributed by atoms with Gasteiger partial charge in [-0.25, -0.2) is 4.79 Å². The van der Waals surface area contributed by atoms with E-state index in [1.165, 1.54) is 0 Å². The Morgan fingerprint density at radius 2 is 1.82 bits per heavy atom. The molecule has 3 rings (SSSR count). The van der Waals surface area contributed by atoms with Crippen LogP contribution in [0.15, 0.2) is 54.7 Å². The Morgan fingerprint density at radius 1 is 1.09 bits per heavy atom. The van der Waals surface area contributed by atoms with E-state index < -0.39 is 0 Å². The van der Waals surface area contributed by atoms with Crippen molar-refractivity contribution in [3.63, 3.8) is 0 Å². The van der Waals surface area contributed by atoms with Gasteiger partial charge in [-0.3, -0.25) is 0 Å². The molecular formula is C17H16ClN3O. The van der Waals surface area contributed by atoms with E-state index in [0.29, 0.717) is 10.7 Å². The largest absolute Gasteiger partial charge is 0.346 e. The van der Waals surface area contributed by atoms with Crippen molar-refractivity contribution in [2.24, 2.45) is 0 Å². The molecule has 0 radical (unpaired) electrons. The van der Waals surface area contributed by atoms with Crippen LogP contribution in [0, 0.1) is 0 Å². The third-order valence-electron chi connectivity index (χ3n) is 3.48. The van der Waals surface area contributed by atoms with Gasteiger partial charge in [0.1, 0.15) is 0 Å². The molecule has 0 spiro atoms. The quantitative estimate of drug-likeness (QED) is 0.705. The Balaban J connectivity index is 1.80. The van der Waals surface area contributed by atoms with Crippen LogP contribution in [0.1, 0.15) is 6.92 Å². The van der Waals surface area contributed by atoms with Gasteiger partial charge in [0.05, 0.1) is 11.2 Å². The maximum absolute atomic E-state index is 12.1. The number of halogens is 1. The number of anilines is 2. The van der Waals surface area contributed by atoms with Crippen molar-refractivity contribution >= 4 is 39.9 Å². The number of nitrogens with one attached hydrogen (secondary N) is 2. The van der Waals surface area contributed by atoms with Crippen molar-refractivity contribution in [3.8, 4) is 0 Å². The summed E-state index contributed by atoms with van der Waals surface area (Å²) in [5.41, 5.74) is 2.59. The summed E-state index contributed by atoms with van der Waals surface area (Å²) in [6.45, 7) is 2.92. The molecule has 0 unspecified atom stereocenters. The van der Waals surface area contributed by atoms with Crippen molar-refractivity contribution < 1.29 is 4.79 Å². The molecule has 1 aromatic heterocycles. The van der Waals surface area contributed by atoms with Crippen molar-refractivity contribution in [2.45, 2.75) is 13.5 Å². The van der Waals surface area contributed by atoms with Gasteiger partial charge in [-0.05, 0) is 37.3 Å². The Bertz CT molecular complexity index is 808. The van der Waals surface area contributed by atoms with E-state index in [2.05, 4.69) is 22.1 Å². The average molecular weight is 314 g/mol. The zero-order valence-electron chi connectivity index (χ0n) is 12.1. The third kappa shape index (κ3) is 2.92. The fourth-order valence-electron chi connectivity index (χ4n) is 2.43. The highest BCUT2D eigenvalue weighted by Crippen LogP contribution is 2.26. The Labute approximate surface area is 133 Å². The molecule has 0 saturated heterocycles. The smallest absolute Gasteiger partial charge is 0.323 e. The zero-order valence-corrected chi connectivity index (χ0v) is 12.9. The van der Waals surface area contributed by atoms with Gasteiger partial charge in [0.15, 0.2) is 0 Å². The van der Waals surface area contributed by atoms with Gasteiger partial charge in [0.25, 0.3) is 0 Å². The lowest BCUT2D eigenvalue weighted by Crippen LogP contribution is -2.19. The fraction of sp³-hybridized carbons (Fsp3) is 0.118. The number of amides is 2. The summed E-state index contributed by atoms with van der Waals surface area (Å²) in [4.78, 5) is 12.1. The number of hydrogen-bond donors (Lipinski definition) is 2. The lowest BCUT2D eigenvalue weighted by atomic mass is 10.2. The highest BCUT2D eigenvalue weighted by Gasteiger charge is 2.10. The summed E-state index contributed by atoms with van der Waals surface area (Å²) < 4.78 is 2.10. The number of para-hydroxylation sites is 1. The van der Waals surface area contributed by atoms with Crippen LogP contribution in [-0.2, 0) is 6.54 Å². The molecule has 0 fully saturated rings. The van der Waals surface area contributed by atoms with Crippen molar-refractivity contribution in [3.05, 3.63) is 59.8 Å². The van der Waals surface area contributed by atoms with E-state index in [-0.39, 0.29) is 6.03 Å². The number of fused-ring (bicyclic) bond motifs is 1. The van der Waals surface area contributed by atoms with Gasteiger partial charge < -0.3 is 15.2 Å². The normalized spacial score (nSPS) is 10.6. The molecule has 4 nitrogen and oxygen atoms in total. The molecule has 0 saturated carbocycles. The second kappa shape index (κ2) is 6.12. The number of aryl methyl sites for hydroxylation is 1. The molecule has 0 bridgehead atoms. The molecule has 1 heterocycles. The van der Waals surface area contributed by atoms with Crippen molar-refractivity contribution in [1.29, 1.82) is 0 Å². The highest BCUT2D eigenvalue weighted by molar-refractivity contribution is 6.30. The number of hydrogen-bond acceptors (Lipinski definition) is 1. The third-order valence-corrected chi connectivity index (χ3v) is 3.73. The fourth-order valence-corrected chi connectivity index (χ4v) is 2.55. The number of carbonyl (C=O) groups excluding carboxylic acids is 1. The summed E-state index contributed by atoms with van der Waals surface area (Å²) in [7, 11) is 0. The summed E-state index contributed by atoms with van der Waals surface area (Å²) in [5.74, 6) is 0. The first-order chi connectivity index (χ1) is 10.7. The minimum Gasteiger partial charge on any atom is -0.346 e. The predicted molar refractivity (Wildman–Crippen MR) is 91.7 cm³/mol. The molecule has 0 aliphatic heterocycles. The highest BCUT2D eigenvalue weighted by atomic mass is 35.5. The monoisotopic (exact) mass is 313 g/mol. The summed E-state index contributed by atoms with van der Waals surface area (Å²) in [5, 5.41) is 7.35. The van der Waals surface area contributed by atoms with E-state index in [1.54, 1.807) is 24.3 Å². The standard InChI is InChI=1S/C17H16ClN3O/c1-2-21-11-15(14-5-3-4-6-16(14)21)20-17(22)19-13-9-7-12(18)8-10-13/h3-11H,2H2,1H3,(H2,19,20,22). The second-order valence-corrected chi connectivity index (χ2v) is 5.37. The maximum Gasteiger partial charge on any atom is 0.323 e. The van der Waals surface area contributed by atoms with E-state index in [1.807, 2.05) is 30.5 Å². The van der Waals surface area contributed by atoms with Crippen LogP contribution in [0.4, 0.5) is 16.2 Å². The Kier molecular flexibility index (Phi) is 4.02. The van der Waals surface area contributed by atoms with Gasteiger partial charge in [0.2, 0.25) is 0 Å². The van der Waals surface area contributed by atoms with E-state index in [4.69, 9.17) is 11.6 Å². The van der Waals surface area contributed by atoms with Gasteiger partial charge in [0, 0.05) is 28.8 Å². The van der Waals surface area contributed by atoms with Crippen LogP contribution >= 0.6 is 11.6 Å². The summed E-state index contributed by atoms with van der Waals surface area (Å²) in [6.07, 6.45) is 1.95. The maximum atomic E-state index is 12.1. The first-order valence-corrected chi connectivity index (χ1v) is 7.46. The molecule has 0 aliphatic carbocycles. The minimum atomic E-state index is -0.277. The first kappa shape index (κ1) is 14.5. The van der Waals surface area contributed by atoms with E-state index >= 15 is 0 Å². The molecule has 22 heavy (non-hydrogen) atoms. The van der Waals surface area contributed by atoms with Crippen LogP contribution in [0.5, 0.6) is 0 Å². The summed E-state index contributed by atoms with van der Waals surface area (Å²) in [6, 6.07) is 14.7. The number of urea groups is 1. The molecule has 5 heteroatoms. The number of carbonyl (C=O) groups is 1. The second-order valence-electron chi connectivity index (χ2n) is 4.93. The molecule has 2 N–H and O–H groups in total.